The topological polar surface area (TPSA) is 83.8 Å². The molecule has 5 nitrogen and oxygen atoms in total. The molecule has 8 atom stereocenters. The predicted octanol–water partition coefficient (Wildman–Crippen LogP) is 3.58. The van der Waals surface area contributed by atoms with Gasteiger partial charge in [0.05, 0.1) is 12.2 Å². The van der Waals surface area contributed by atoms with Crippen LogP contribution in [0.3, 0.4) is 0 Å². The zero-order chi connectivity index (χ0) is 18.0. The molecule has 4 aliphatic rings. The highest BCUT2D eigenvalue weighted by Crippen LogP contribution is 2.66. The smallest absolute Gasteiger partial charge is 0.393 e. The van der Waals surface area contributed by atoms with Crippen LogP contribution >= 0.6 is 0 Å². The summed E-state index contributed by atoms with van der Waals surface area (Å²) in [6.45, 7) is 4.62. The van der Waals surface area contributed by atoms with Crippen LogP contribution in [0.1, 0.15) is 71.6 Å². The summed E-state index contributed by atoms with van der Waals surface area (Å²) in [7, 11) is -4.39. The van der Waals surface area contributed by atoms with Crippen molar-refractivity contribution in [1.82, 2.24) is 0 Å². The Morgan fingerprint density at radius 2 is 1.60 bits per heavy atom. The second-order valence-electron chi connectivity index (χ2n) is 9.72. The predicted molar refractivity (Wildman–Crippen MR) is 94.2 cm³/mol. The maximum atomic E-state index is 11.3. The molecule has 0 aromatic heterocycles. The van der Waals surface area contributed by atoms with Gasteiger partial charge in [-0.05, 0) is 92.3 Å². The van der Waals surface area contributed by atoms with Crippen molar-refractivity contribution in [2.45, 2.75) is 83.8 Å². The third-order valence-corrected chi connectivity index (χ3v) is 9.26. The summed E-state index contributed by atoms with van der Waals surface area (Å²) in [6.07, 6.45) is 8.69. The van der Waals surface area contributed by atoms with Crippen molar-refractivity contribution in [3.63, 3.8) is 0 Å². The highest BCUT2D eigenvalue weighted by atomic mass is 32.3. The van der Waals surface area contributed by atoms with E-state index < -0.39 is 10.4 Å². The molecule has 0 bridgehead atoms. The number of aliphatic hydroxyl groups excluding tert-OH is 1. The van der Waals surface area contributed by atoms with Crippen LogP contribution in [0.25, 0.3) is 0 Å². The zero-order valence-corrected chi connectivity index (χ0v) is 16.2. The maximum Gasteiger partial charge on any atom is 0.397 e. The van der Waals surface area contributed by atoms with Gasteiger partial charge in [0.25, 0.3) is 0 Å². The van der Waals surface area contributed by atoms with Crippen LogP contribution in [-0.4, -0.2) is 30.3 Å². The van der Waals surface area contributed by atoms with E-state index in [0.717, 1.165) is 44.9 Å². The van der Waals surface area contributed by atoms with E-state index in [-0.39, 0.29) is 17.6 Å². The minimum atomic E-state index is -4.39. The Bertz CT molecular complexity index is 634. The minimum Gasteiger partial charge on any atom is -0.393 e. The van der Waals surface area contributed by atoms with Crippen LogP contribution in [-0.2, 0) is 14.6 Å². The molecule has 0 aromatic carbocycles. The second kappa shape index (κ2) is 5.91. The minimum absolute atomic E-state index is 0.123. The van der Waals surface area contributed by atoms with Gasteiger partial charge in [0.15, 0.2) is 0 Å². The highest BCUT2D eigenvalue weighted by molar-refractivity contribution is 7.80. The lowest BCUT2D eigenvalue weighted by Crippen LogP contribution is -2.54. The summed E-state index contributed by atoms with van der Waals surface area (Å²) in [6, 6.07) is 0. The summed E-state index contributed by atoms with van der Waals surface area (Å²) >= 11 is 0. The van der Waals surface area contributed by atoms with E-state index in [9.17, 15) is 13.5 Å². The van der Waals surface area contributed by atoms with E-state index in [1.165, 1.54) is 12.8 Å². The Morgan fingerprint density at radius 1 is 0.920 bits per heavy atom. The molecule has 0 saturated heterocycles. The Kier molecular flexibility index (Phi) is 4.31. The van der Waals surface area contributed by atoms with Gasteiger partial charge >= 0.3 is 10.4 Å². The summed E-state index contributed by atoms with van der Waals surface area (Å²) in [5.41, 5.74) is 0.180. The number of hydrogen-bond acceptors (Lipinski definition) is 4. The van der Waals surface area contributed by atoms with Crippen molar-refractivity contribution in [1.29, 1.82) is 0 Å². The fourth-order valence-electron chi connectivity index (χ4n) is 7.49. The van der Waals surface area contributed by atoms with Crippen molar-refractivity contribution >= 4 is 10.4 Å². The first-order valence-corrected chi connectivity index (χ1v) is 11.3. The molecule has 144 valence electrons. The van der Waals surface area contributed by atoms with E-state index in [0.29, 0.717) is 29.1 Å². The molecule has 4 fully saturated rings. The van der Waals surface area contributed by atoms with E-state index in [2.05, 4.69) is 13.8 Å². The summed E-state index contributed by atoms with van der Waals surface area (Å²) in [5, 5.41) is 10.1. The molecule has 0 radical (unpaired) electrons. The van der Waals surface area contributed by atoms with Gasteiger partial charge in [-0.3, -0.25) is 4.55 Å². The monoisotopic (exact) mass is 372 g/mol. The van der Waals surface area contributed by atoms with Crippen molar-refractivity contribution in [2.75, 3.05) is 0 Å². The third-order valence-electron chi connectivity index (χ3n) is 8.79. The molecule has 25 heavy (non-hydrogen) atoms. The molecule has 4 saturated carbocycles. The molecule has 6 heteroatoms. The molecule has 0 aromatic rings. The summed E-state index contributed by atoms with van der Waals surface area (Å²) < 4.78 is 36.8. The van der Waals surface area contributed by atoms with Crippen LogP contribution in [0.15, 0.2) is 0 Å². The maximum absolute atomic E-state index is 11.3. The normalized spacial score (nSPS) is 53.0. The quantitative estimate of drug-likeness (QED) is 0.724. The molecule has 4 rings (SSSR count). The van der Waals surface area contributed by atoms with Crippen molar-refractivity contribution in [3.05, 3.63) is 0 Å². The molecule has 2 N–H and O–H groups in total. The van der Waals surface area contributed by atoms with Crippen LogP contribution in [0.5, 0.6) is 0 Å². The van der Waals surface area contributed by atoms with Gasteiger partial charge in [-0.25, -0.2) is 4.18 Å². The lowest BCUT2D eigenvalue weighted by molar-refractivity contribution is -0.131. The molecule has 3 unspecified atom stereocenters. The van der Waals surface area contributed by atoms with Crippen LogP contribution in [0.4, 0.5) is 0 Å². The Hall–Kier alpha value is -0.170. The fourth-order valence-corrected chi connectivity index (χ4v) is 8.10. The highest BCUT2D eigenvalue weighted by Gasteiger charge is 2.61. The van der Waals surface area contributed by atoms with Gasteiger partial charge in [0.1, 0.15) is 0 Å². The SMILES string of the molecule is C[C@]12CCC3C(CC[C@H]4C[C@@H](O)CC[C@]34C)C1CC[C@@H]2OS(=O)(=O)O. The molecular formula is C19H32O5S. The molecular weight excluding hydrogens is 340 g/mol. The van der Waals surface area contributed by atoms with Gasteiger partial charge in [-0.2, -0.15) is 8.42 Å². The zero-order valence-electron chi connectivity index (χ0n) is 15.4. The molecule has 0 heterocycles. The van der Waals surface area contributed by atoms with Gasteiger partial charge in [0.2, 0.25) is 0 Å². The Balaban J connectivity index is 1.58. The van der Waals surface area contributed by atoms with Crippen LogP contribution < -0.4 is 0 Å². The average Bonchev–Trinajstić information content (AvgIpc) is 2.83. The third kappa shape index (κ3) is 2.88. The van der Waals surface area contributed by atoms with Gasteiger partial charge < -0.3 is 5.11 Å². The second-order valence-corrected chi connectivity index (χ2v) is 10.8. The van der Waals surface area contributed by atoms with Crippen LogP contribution in [0, 0.1) is 34.5 Å². The van der Waals surface area contributed by atoms with Gasteiger partial charge in [0, 0.05) is 0 Å². The van der Waals surface area contributed by atoms with E-state index in [1.807, 2.05) is 0 Å². The van der Waals surface area contributed by atoms with E-state index in [1.54, 1.807) is 0 Å². The van der Waals surface area contributed by atoms with Crippen molar-refractivity contribution in [2.24, 2.45) is 34.5 Å². The number of hydrogen-bond donors (Lipinski definition) is 2. The van der Waals surface area contributed by atoms with E-state index in [4.69, 9.17) is 8.74 Å². The van der Waals surface area contributed by atoms with E-state index >= 15 is 0 Å². The first-order valence-electron chi connectivity index (χ1n) is 9.97. The largest absolute Gasteiger partial charge is 0.397 e. The Morgan fingerprint density at radius 3 is 2.32 bits per heavy atom. The number of rotatable bonds is 2. The first kappa shape index (κ1) is 18.2. The molecule has 4 aliphatic carbocycles. The average molecular weight is 373 g/mol. The van der Waals surface area contributed by atoms with Gasteiger partial charge in [-0.15, -0.1) is 0 Å². The number of fused-ring (bicyclic) bond motifs is 5. The Labute approximate surface area is 151 Å². The van der Waals surface area contributed by atoms with Gasteiger partial charge in [-0.1, -0.05) is 13.8 Å². The van der Waals surface area contributed by atoms with Crippen molar-refractivity contribution in [3.8, 4) is 0 Å². The lowest BCUT2D eigenvalue weighted by atomic mass is 9.45. The van der Waals surface area contributed by atoms with Crippen LogP contribution in [0.2, 0.25) is 0 Å². The summed E-state index contributed by atoms with van der Waals surface area (Å²) in [5.74, 6) is 2.43. The molecule has 0 amide bonds. The molecule has 0 spiro atoms. The van der Waals surface area contributed by atoms with Crippen molar-refractivity contribution < 1.29 is 22.3 Å². The molecule has 0 aliphatic heterocycles. The number of aliphatic hydroxyl groups is 1. The summed E-state index contributed by atoms with van der Waals surface area (Å²) in [4.78, 5) is 0. The lowest BCUT2D eigenvalue weighted by Gasteiger charge is -2.60. The fraction of sp³-hybridized carbons (Fsp3) is 1.00. The first-order chi connectivity index (χ1) is 11.6. The standard InChI is InChI=1S/C19H32O5S/c1-18-9-7-13(20)11-12(18)3-4-14-15-5-6-17(24-25(21,22)23)19(15,2)10-8-16(14)18/h12-17,20H,3-11H2,1-2H3,(H,21,22,23)/t12-,13-,14?,15?,16?,17-,18-,19-/m0/s1.